The van der Waals surface area contributed by atoms with Crippen molar-refractivity contribution < 1.29 is 14.3 Å². The van der Waals surface area contributed by atoms with Gasteiger partial charge >= 0.3 is 6.09 Å². The van der Waals surface area contributed by atoms with Gasteiger partial charge in [0.15, 0.2) is 0 Å². The van der Waals surface area contributed by atoms with E-state index in [1.165, 1.54) is 22.3 Å². The zero-order chi connectivity index (χ0) is 21.7. The molecule has 2 aromatic rings. The Kier molecular flexibility index (Phi) is 6.85. The van der Waals surface area contributed by atoms with Crippen LogP contribution in [0.1, 0.15) is 33.6 Å². The van der Waals surface area contributed by atoms with Crippen LogP contribution < -0.4 is 5.32 Å². The van der Waals surface area contributed by atoms with Gasteiger partial charge in [0, 0.05) is 37.4 Å². The van der Waals surface area contributed by atoms with E-state index in [4.69, 9.17) is 4.74 Å². The van der Waals surface area contributed by atoms with Crippen molar-refractivity contribution in [3.05, 3.63) is 51.7 Å². The molecule has 156 valence electrons. The Morgan fingerprint density at radius 1 is 1.47 bits per heavy atom. The third-order valence-corrected chi connectivity index (χ3v) is 6.19. The molecule has 0 fully saturated rings. The number of amides is 2. The first-order valence-electron chi connectivity index (χ1n) is 9.67. The number of nitrogens with one attached hydrogen (secondary N) is 1. The number of fused-ring (bicyclic) bond motifs is 1. The van der Waals surface area contributed by atoms with Crippen LogP contribution in [0.2, 0.25) is 0 Å². The highest BCUT2D eigenvalue weighted by atomic mass is 32.1. The second kappa shape index (κ2) is 9.55. The van der Waals surface area contributed by atoms with Crippen molar-refractivity contribution in [2.75, 3.05) is 26.0 Å². The van der Waals surface area contributed by atoms with E-state index in [1.807, 2.05) is 13.0 Å². The van der Waals surface area contributed by atoms with E-state index in [2.05, 4.69) is 16.4 Å². The Hall–Kier alpha value is -3.18. The molecular weight excluding hydrogens is 400 g/mol. The van der Waals surface area contributed by atoms with Gasteiger partial charge in [-0.2, -0.15) is 5.26 Å². The topological polar surface area (TPSA) is 95.3 Å². The number of nitrogens with zero attached hydrogens (tertiary/aromatic N) is 3. The third-order valence-electron chi connectivity index (χ3n) is 5.02. The lowest BCUT2D eigenvalue weighted by Crippen LogP contribution is -2.27. The first-order chi connectivity index (χ1) is 14.4. The molecule has 0 spiro atoms. The van der Waals surface area contributed by atoms with Crippen LogP contribution in [0.3, 0.4) is 0 Å². The van der Waals surface area contributed by atoms with Crippen LogP contribution in [0.5, 0.6) is 0 Å². The molecule has 2 amide bonds. The second-order valence-electron chi connectivity index (χ2n) is 7.45. The first-order valence-corrected chi connectivity index (χ1v) is 10.5. The van der Waals surface area contributed by atoms with Gasteiger partial charge in [-0.15, -0.1) is 11.3 Å². The molecule has 2 aromatic heterocycles. The number of anilines is 1. The number of thiophene rings is 1. The molecule has 1 aliphatic carbocycles. The average Bonchev–Trinajstić information content (AvgIpc) is 3.07. The number of hydrogen-bond acceptors (Lipinski definition) is 6. The SMILES string of the molecule is Cc1ccncc1/C=C/C(=O)Nc1sc2c(c1C#N)CCC(COC(=O)N(C)C)C2. The summed E-state index contributed by atoms with van der Waals surface area (Å²) in [7, 11) is 3.30. The van der Waals surface area contributed by atoms with Crippen molar-refractivity contribution in [1.82, 2.24) is 9.88 Å². The molecule has 2 heterocycles. The Morgan fingerprint density at radius 3 is 2.97 bits per heavy atom. The van der Waals surface area contributed by atoms with Crippen LogP contribution in [-0.2, 0) is 22.4 Å². The van der Waals surface area contributed by atoms with E-state index >= 15 is 0 Å². The molecule has 1 atom stereocenters. The number of carbonyl (C=O) groups excluding carboxylic acids is 2. The normalized spacial score (nSPS) is 15.3. The Bertz CT molecular complexity index is 1020. The lowest BCUT2D eigenvalue weighted by Gasteiger charge is -2.22. The number of aryl methyl sites for hydroxylation is 1. The Morgan fingerprint density at radius 2 is 2.27 bits per heavy atom. The van der Waals surface area contributed by atoms with Gasteiger partial charge in [0.25, 0.3) is 0 Å². The molecular formula is C22H24N4O3S. The molecule has 7 nitrogen and oxygen atoms in total. The molecule has 1 aliphatic rings. The fraction of sp³-hybridized carbons (Fsp3) is 0.364. The quantitative estimate of drug-likeness (QED) is 0.737. The van der Waals surface area contributed by atoms with E-state index in [0.29, 0.717) is 17.2 Å². The van der Waals surface area contributed by atoms with Gasteiger partial charge in [-0.3, -0.25) is 9.78 Å². The summed E-state index contributed by atoms with van der Waals surface area (Å²) in [6.45, 7) is 2.30. The smallest absolute Gasteiger partial charge is 0.409 e. The van der Waals surface area contributed by atoms with Crippen LogP contribution >= 0.6 is 11.3 Å². The second-order valence-corrected chi connectivity index (χ2v) is 8.56. The van der Waals surface area contributed by atoms with Crippen LogP contribution in [-0.4, -0.2) is 42.6 Å². The minimum absolute atomic E-state index is 0.212. The number of ether oxygens (including phenoxy) is 1. The summed E-state index contributed by atoms with van der Waals surface area (Å²) in [4.78, 5) is 30.6. The van der Waals surface area contributed by atoms with Crippen molar-refractivity contribution in [2.24, 2.45) is 5.92 Å². The third kappa shape index (κ3) is 5.05. The molecule has 1 N–H and O–H groups in total. The van der Waals surface area contributed by atoms with E-state index in [0.717, 1.165) is 40.8 Å². The molecule has 0 radical (unpaired) electrons. The Balaban J connectivity index is 1.68. The average molecular weight is 425 g/mol. The number of pyridine rings is 1. The summed E-state index contributed by atoms with van der Waals surface area (Å²) in [6.07, 6.45) is 8.53. The summed E-state index contributed by atoms with van der Waals surface area (Å²) in [5.41, 5.74) is 3.44. The van der Waals surface area contributed by atoms with E-state index in [9.17, 15) is 14.9 Å². The standard InChI is InChI=1S/C22H24N4O3S/c1-14-8-9-24-12-16(14)5-7-20(27)25-21-18(11-23)17-6-4-15(10-19(17)30-21)13-29-22(28)26(2)3/h5,7-9,12,15H,4,6,10,13H2,1-3H3,(H,25,27)/b7-5+. The zero-order valence-corrected chi connectivity index (χ0v) is 18.1. The van der Waals surface area contributed by atoms with Crippen molar-refractivity contribution in [2.45, 2.75) is 26.2 Å². The number of nitriles is 1. The molecule has 30 heavy (non-hydrogen) atoms. The van der Waals surface area contributed by atoms with Crippen LogP contribution in [0, 0.1) is 24.2 Å². The van der Waals surface area contributed by atoms with Crippen LogP contribution in [0.4, 0.5) is 9.80 Å². The first kappa shape index (κ1) is 21.5. The molecule has 1 unspecified atom stereocenters. The monoisotopic (exact) mass is 424 g/mol. The van der Waals surface area contributed by atoms with Gasteiger partial charge in [-0.25, -0.2) is 4.79 Å². The van der Waals surface area contributed by atoms with Crippen molar-refractivity contribution in [1.29, 1.82) is 5.26 Å². The minimum atomic E-state index is -0.353. The number of aromatic nitrogens is 1. The van der Waals surface area contributed by atoms with Gasteiger partial charge in [0.2, 0.25) is 5.91 Å². The minimum Gasteiger partial charge on any atom is -0.449 e. The largest absolute Gasteiger partial charge is 0.449 e. The van der Waals surface area contributed by atoms with Crippen molar-refractivity contribution in [3.8, 4) is 6.07 Å². The lowest BCUT2D eigenvalue weighted by atomic mass is 9.88. The summed E-state index contributed by atoms with van der Waals surface area (Å²) >= 11 is 1.43. The van der Waals surface area contributed by atoms with Gasteiger partial charge in [0.05, 0.1) is 12.2 Å². The summed E-state index contributed by atoms with van der Waals surface area (Å²) in [5.74, 6) is -0.0755. The van der Waals surface area contributed by atoms with Crippen molar-refractivity contribution >= 4 is 34.4 Å². The van der Waals surface area contributed by atoms with Crippen molar-refractivity contribution in [3.63, 3.8) is 0 Å². The van der Waals surface area contributed by atoms with Crippen LogP contribution in [0.15, 0.2) is 24.5 Å². The van der Waals surface area contributed by atoms with E-state index < -0.39 is 0 Å². The molecule has 0 bridgehead atoms. The summed E-state index contributed by atoms with van der Waals surface area (Å²) in [5, 5.41) is 13.0. The Labute approximate surface area is 180 Å². The maximum Gasteiger partial charge on any atom is 0.409 e. The molecule has 0 aromatic carbocycles. The highest BCUT2D eigenvalue weighted by Gasteiger charge is 2.27. The zero-order valence-electron chi connectivity index (χ0n) is 17.3. The van der Waals surface area contributed by atoms with Gasteiger partial charge in [0.1, 0.15) is 11.1 Å². The van der Waals surface area contributed by atoms with E-state index in [1.54, 1.807) is 32.6 Å². The predicted molar refractivity (Wildman–Crippen MR) is 116 cm³/mol. The fourth-order valence-corrected chi connectivity index (χ4v) is 4.61. The summed E-state index contributed by atoms with van der Waals surface area (Å²) in [6, 6.07) is 4.12. The lowest BCUT2D eigenvalue weighted by molar-refractivity contribution is -0.111. The number of rotatable bonds is 5. The molecule has 8 heteroatoms. The highest BCUT2D eigenvalue weighted by molar-refractivity contribution is 7.16. The molecule has 0 aliphatic heterocycles. The van der Waals surface area contributed by atoms with E-state index in [-0.39, 0.29) is 17.9 Å². The number of hydrogen-bond donors (Lipinski definition) is 1. The fourth-order valence-electron chi connectivity index (χ4n) is 3.29. The predicted octanol–water partition coefficient (Wildman–Crippen LogP) is 3.78. The van der Waals surface area contributed by atoms with Crippen LogP contribution in [0.25, 0.3) is 6.08 Å². The van der Waals surface area contributed by atoms with Gasteiger partial charge in [-0.1, -0.05) is 0 Å². The molecule has 0 saturated carbocycles. The molecule has 0 saturated heterocycles. The van der Waals surface area contributed by atoms with Gasteiger partial charge < -0.3 is 15.0 Å². The maximum atomic E-state index is 12.4. The molecule has 3 rings (SSSR count). The highest BCUT2D eigenvalue weighted by Crippen LogP contribution is 2.39. The maximum absolute atomic E-state index is 12.4. The summed E-state index contributed by atoms with van der Waals surface area (Å²) < 4.78 is 5.31. The van der Waals surface area contributed by atoms with Gasteiger partial charge in [-0.05, 0) is 60.9 Å². The number of carbonyl (C=O) groups is 2.